The van der Waals surface area contributed by atoms with Gasteiger partial charge in [0.15, 0.2) is 6.79 Å². The van der Waals surface area contributed by atoms with Crippen molar-refractivity contribution in [1.82, 2.24) is 0 Å². The second-order valence-corrected chi connectivity index (χ2v) is 3.19. The molecule has 0 heterocycles. The summed E-state index contributed by atoms with van der Waals surface area (Å²) in [4.78, 5) is 11.5. The van der Waals surface area contributed by atoms with Crippen molar-refractivity contribution in [3.8, 4) is 0 Å². The minimum Gasteiger partial charge on any atom is -0.435 e. The van der Waals surface area contributed by atoms with Crippen LogP contribution < -0.4 is 5.73 Å². The van der Waals surface area contributed by atoms with Gasteiger partial charge in [-0.15, -0.1) is 0 Å². The molecule has 0 aliphatic rings. The third kappa shape index (κ3) is 3.42. The summed E-state index contributed by atoms with van der Waals surface area (Å²) in [5.41, 5.74) is 6.23. The fraction of sp³-hybridized carbons (Fsp3) is 0.300. The van der Waals surface area contributed by atoms with Gasteiger partial charge in [-0.1, -0.05) is 11.6 Å². The lowest BCUT2D eigenvalue weighted by atomic mass is 10.2. The van der Waals surface area contributed by atoms with Crippen LogP contribution in [0.3, 0.4) is 0 Å². The van der Waals surface area contributed by atoms with Crippen molar-refractivity contribution in [1.29, 1.82) is 0 Å². The molecule has 1 rings (SSSR count). The standard InChI is InChI=1S/C10H12ClNO3/c1-2-14-6-15-10(13)8-5-7(12)3-4-9(8)11/h3-5H,2,6,12H2,1H3. The predicted molar refractivity (Wildman–Crippen MR) is 57.8 cm³/mol. The molecule has 82 valence electrons. The average Bonchev–Trinajstić information content (AvgIpc) is 2.22. The fourth-order valence-corrected chi connectivity index (χ4v) is 1.15. The summed E-state index contributed by atoms with van der Waals surface area (Å²) in [7, 11) is 0. The molecule has 0 aromatic heterocycles. The van der Waals surface area contributed by atoms with Gasteiger partial charge in [-0.3, -0.25) is 0 Å². The van der Waals surface area contributed by atoms with Crippen LogP contribution in [0, 0.1) is 0 Å². The van der Waals surface area contributed by atoms with Crippen molar-refractivity contribution < 1.29 is 14.3 Å². The van der Waals surface area contributed by atoms with Crippen LogP contribution in [0.1, 0.15) is 17.3 Å². The topological polar surface area (TPSA) is 61.5 Å². The number of anilines is 1. The van der Waals surface area contributed by atoms with Gasteiger partial charge in [0.25, 0.3) is 0 Å². The summed E-state index contributed by atoms with van der Waals surface area (Å²) in [5, 5.41) is 0.311. The molecule has 0 atom stereocenters. The third-order valence-corrected chi connectivity index (χ3v) is 2.02. The predicted octanol–water partition coefficient (Wildman–Crippen LogP) is 2.07. The zero-order valence-electron chi connectivity index (χ0n) is 8.33. The van der Waals surface area contributed by atoms with E-state index in [9.17, 15) is 4.79 Å². The van der Waals surface area contributed by atoms with Gasteiger partial charge in [0, 0.05) is 12.3 Å². The number of hydrogen-bond acceptors (Lipinski definition) is 4. The SMILES string of the molecule is CCOCOC(=O)c1cc(N)ccc1Cl. The molecule has 0 saturated heterocycles. The Balaban J connectivity index is 2.68. The Morgan fingerprint density at radius 2 is 2.27 bits per heavy atom. The number of nitrogens with two attached hydrogens (primary N) is 1. The zero-order chi connectivity index (χ0) is 11.3. The third-order valence-electron chi connectivity index (χ3n) is 1.69. The van der Waals surface area contributed by atoms with Crippen molar-refractivity contribution in [2.45, 2.75) is 6.92 Å². The second kappa shape index (κ2) is 5.58. The lowest BCUT2D eigenvalue weighted by Gasteiger charge is -2.06. The summed E-state index contributed by atoms with van der Waals surface area (Å²) in [6, 6.07) is 4.63. The quantitative estimate of drug-likeness (QED) is 0.372. The Bertz CT molecular complexity index is 355. The lowest BCUT2D eigenvalue weighted by Crippen LogP contribution is -2.09. The normalized spacial score (nSPS) is 10.0. The number of halogens is 1. The number of ether oxygens (including phenoxy) is 2. The van der Waals surface area contributed by atoms with E-state index in [0.29, 0.717) is 17.3 Å². The number of nitrogen functional groups attached to an aromatic ring is 1. The summed E-state index contributed by atoms with van der Waals surface area (Å²) in [6.07, 6.45) is 0. The molecule has 1 aromatic carbocycles. The van der Waals surface area contributed by atoms with E-state index >= 15 is 0 Å². The fourth-order valence-electron chi connectivity index (χ4n) is 0.956. The van der Waals surface area contributed by atoms with Gasteiger partial charge in [0.05, 0.1) is 10.6 Å². The Morgan fingerprint density at radius 1 is 1.53 bits per heavy atom. The van der Waals surface area contributed by atoms with Crippen LogP contribution in [0.25, 0.3) is 0 Å². The number of esters is 1. The number of benzene rings is 1. The Labute approximate surface area is 92.9 Å². The highest BCUT2D eigenvalue weighted by atomic mass is 35.5. The molecule has 0 bridgehead atoms. The minimum absolute atomic E-state index is 0.0829. The van der Waals surface area contributed by atoms with Crippen molar-refractivity contribution in [3.05, 3.63) is 28.8 Å². The largest absolute Gasteiger partial charge is 0.435 e. The lowest BCUT2D eigenvalue weighted by molar-refractivity contribution is -0.0274. The van der Waals surface area contributed by atoms with E-state index in [0.717, 1.165) is 0 Å². The molecule has 0 spiro atoms. The molecule has 0 saturated carbocycles. The first-order valence-corrected chi connectivity index (χ1v) is 4.83. The molecular formula is C10H12ClNO3. The van der Waals surface area contributed by atoms with Crippen LogP contribution in [0.15, 0.2) is 18.2 Å². The van der Waals surface area contributed by atoms with Gasteiger partial charge in [-0.05, 0) is 25.1 Å². The number of carbonyl (C=O) groups is 1. The van der Waals surface area contributed by atoms with Gasteiger partial charge in [0.2, 0.25) is 0 Å². The first-order chi connectivity index (χ1) is 7.15. The molecule has 5 heteroatoms. The van der Waals surface area contributed by atoms with Crippen LogP contribution in [-0.4, -0.2) is 19.4 Å². The smallest absolute Gasteiger partial charge is 0.341 e. The molecule has 0 radical (unpaired) electrons. The molecule has 15 heavy (non-hydrogen) atoms. The minimum atomic E-state index is -0.541. The molecule has 0 unspecified atom stereocenters. The van der Waals surface area contributed by atoms with E-state index in [1.165, 1.54) is 6.07 Å². The molecule has 0 fully saturated rings. The number of carbonyl (C=O) groups excluding carboxylic acids is 1. The maximum Gasteiger partial charge on any atom is 0.341 e. The summed E-state index contributed by atoms with van der Waals surface area (Å²) in [5.74, 6) is -0.541. The van der Waals surface area contributed by atoms with Crippen LogP contribution in [0.2, 0.25) is 5.02 Å². The van der Waals surface area contributed by atoms with E-state index in [1.54, 1.807) is 19.1 Å². The summed E-state index contributed by atoms with van der Waals surface area (Å²) < 4.78 is 9.68. The van der Waals surface area contributed by atoms with Crippen molar-refractivity contribution >= 4 is 23.3 Å². The van der Waals surface area contributed by atoms with Gasteiger partial charge in [-0.2, -0.15) is 0 Å². The Kier molecular flexibility index (Phi) is 4.39. The highest BCUT2D eigenvalue weighted by Crippen LogP contribution is 2.19. The molecular weight excluding hydrogens is 218 g/mol. The van der Waals surface area contributed by atoms with E-state index in [4.69, 9.17) is 26.8 Å². The van der Waals surface area contributed by atoms with Gasteiger partial charge >= 0.3 is 5.97 Å². The molecule has 0 amide bonds. The molecule has 0 aliphatic carbocycles. The first kappa shape index (κ1) is 11.8. The zero-order valence-corrected chi connectivity index (χ0v) is 9.08. The van der Waals surface area contributed by atoms with Crippen LogP contribution in [-0.2, 0) is 9.47 Å². The van der Waals surface area contributed by atoms with E-state index in [-0.39, 0.29) is 12.4 Å². The molecule has 1 aromatic rings. The van der Waals surface area contributed by atoms with Gasteiger partial charge in [-0.25, -0.2) is 4.79 Å². The average molecular weight is 230 g/mol. The monoisotopic (exact) mass is 229 g/mol. The number of hydrogen-bond donors (Lipinski definition) is 1. The van der Waals surface area contributed by atoms with E-state index < -0.39 is 5.97 Å². The summed E-state index contributed by atoms with van der Waals surface area (Å²) in [6.45, 7) is 2.21. The Hall–Kier alpha value is -1.26. The van der Waals surface area contributed by atoms with Crippen molar-refractivity contribution in [3.63, 3.8) is 0 Å². The molecule has 2 N–H and O–H groups in total. The van der Waals surface area contributed by atoms with Crippen LogP contribution >= 0.6 is 11.6 Å². The number of rotatable bonds is 4. The molecule has 4 nitrogen and oxygen atoms in total. The van der Waals surface area contributed by atoms with Gasteiger partial charge < -0.3 is 15.2 Å². The van der Waals surface area contributed by atoms with E-state index in [1.807, 2.05) is 0 Å². The van der Waals surface area contributed by atoms with Crippen molar-refractivity contribution in [2.24, 2.45) is 0 Å². The van der Waals surface area contributed by atoms with Crippen LogP contribution in [0.5, 0.6) is 0 Å². The second-order valence-electron chi connectivity index (χ2n) is 2.78. The maximum absolute atomic E-state index is 11.5. The highest BCUT2D eigenvalue weighted by molar-refractivity contribution is 6.33. The Morgan fingerprint density at radius 3 is 2.93 bits per heavy atom. The maximum atomic E-state index is 11.5. The molecule has 0 aliphatic heterocycles. The highest BCUT2D eigenvalue weighted by Gasteiger charge is 2.11. The van der Waals surface area contributed by atoms with Crippen molar-refractivity contribution in [2.75, 3.05) is 19.1 Å². The van der Waals surface area contributed by atoms with Gasteiger partial charge in [0.1, 0.15) is 0 Å². The summed E-state index contributed by atoms with van der Waals surface area (Å²) >= 11 is 5.81. The van der Waals surface area contributed by atoms with Crippen LogP contribution in [0.4, 0.5) is 5.69 Å². The first-order valence-electron chi connectivity index (χ1n) is 4.45. The van der Waals surface area contributed by atoms with E-state index in [2.05, 4.69) is 0 Å².